The summed E-state index contributed by atoms with van der Waals surface area (Å²) < 4.78 is 2.33. The van der Waals surface area contributed by atoms with Gasteiger partial charge in [0.05, 0.1) is 23.0 Å². The van der Waals surface area contributed by atoms with E-state index in [1.807, 2.05) is 55.5 Å². The predicted molar refractivity (Wildman–Crippen MR) is 85.8 cm³/mol. The lowest BCUT2D eigenvalue weighted by atomic mass is 10.1. The number of hydrogen-bond donors (Lipinski definition) is 0. The van der Waals surface area contributed by atoms with E-state index in [2.05, 4.69) is 21.0 Å². The van der Waals surface area contributed by atoms with Crippen molar-refractivity contribution in [3.63, 3.8) is 0 Å². The minimum absolute atomic E-state index is 0.0317. The van der Waals surface area contributed by atoms with E-state index in [0.717, 1.165) is 21.3 Å². The molecule has 4 nitrogen and oxygen atoms in total. The van der Waals surface area contributed by atoms with Crippen LogP contribution in [-0.2, 0) is 0 Å². The molecule has 0 saturated carbocycles. The number of carboxylic acid groups (broad SMARTS) is 1. The highest BCUT2D eigenvalue weighted by atomic mass is 79.9. The van der Waals surface area contributed by atoms with Crippen LogP contribution in [-0.4, -0.2) is 15.7 Å². The van der Waals surface area contributed by atoms with E-state index in [9.17, 15) is 9.90 Å². The van der Waals surface area contributed by atoms with Gasteiger partial charge in [0.25, 0.3) is 0 Å². The highest BCUT2D eigenvalue weighted by Crippen LogP contribution is 2.25. The van der Waals surface area contributed by atoms with Gasteiger partial charge in [-0.1, -0.05) is 46.3 Å². The third-order valence-electron chi connectivity index (χ3n) is 3.38. The fourth-order valence-corrected chi connectivity index (χ4v) is 2.70. The summed E-state index contributed by atoms with van der Waals surface area (Å²) in [5.74, 6) is -1.25. The number of rotatable bonds is 3. The summed E-state index contributed by atoms with van der Waals surface area (Å²) >= 11 is 3.41. The molecule has 0 bridgehead atoms. The Kier molecular flexibility index (Phi) is 3.81. The fourth-order valence-electron chi connectivity index (χ4n) is 2.30. The molecule has 0 radical (unpaired) electrons. The average Bonchev–Trinajstić information content (AvgIpc) is 2.93. The van der Waals surface area contributed by atoms with Gasteiger partial charge in [0, 0.05) is 10.0 Å². The lowest BCUT2D eigenvalue weighted by Crippen LogP contribution is -2.25. The molecule has 1 aromatic heterocycles. The van der Waals surface area contributed by atoms with Crippen molar-refractivity contribution in [2.45, 2.75) is 6.92 Å². The fraction of sp³-hybridized carbons (Fsp3) is 0.0588. The summed E-state index contributed by atoms with van der Waals surface area (Å²) in [4.78, 5) is 11.4. The van der Waals surface area contributed by atoms with Crippen molar-refractivity contribution >= 4 is 21.9 Å². The van der Waals surface area contributed by atoms with Crippen LogP contribution in [0, 0.1) is 6.92 Å². The first kappa shape index (κ1) is 14.5. The van der Waals surface area contributed by atoms with Crippen LogP contribution < -0.4 is 5.11 Å². The highest BCUT2D eigenvalue weighted by Gasteiger charge is 2.13. The Morgan fingerprint density at radius 2 is 1.91 bits per heavy atom. The second-order valence-corrected chi connectivity index (χ2v) is 5.83. The minimum atomic E-state index is -1.25. The number of aromatic nitrogens is 2. The second kappa shape index (κ2) is 5.77. The molecule has 0 aliphatic carbocycles. The number of carbonyl (C=O) groups excluding carboxylic acids is 1. The number of benzene rings is 2. The van der Waals surface area contributed by atoms with Crippen molar-refractivity contribution in [3.8, 4) is 16.9 Å². The van der Waals surface area contributed by atoms with E-state index < -0.39 is 5.97 Å². The third kappa shape index (κ3) is 2.67. The zero-order chi connectivity index (χ0) is 15.7. The van der Waals surface area contributed by atoms with Crippen molar-refractivity contribution in [3.05, 3.63) is 70.3 Å². The number of aromatic carboxylic acids is 1. The number of aryl methyl sites for hydroxylation is 1. The van der Waals surface area contributed by atoms with Gasteiger partial charge in [-0.05, 0) is 36.8 Å². The molecule has 0 spiro atoms. The molecule has 0 unspecified atom stereocenters. The smallest absolute Gasteiger partial charge is 0.0935 e. The molecule has 3 aromatic rings. The first-order valence-electron chi connectivity index (χ1n) is 6.69. The second-order valence-electron chi connectivity index (χ2n) is 4.91. The van der Waals surface area contributed by atoms with Gasteiger partial charge >= 0.3 is 0 Å². The molecule has 0 amide bonds. The first-order chi connectivity index (χ1) is 10.6. The summed E-state index contributed by atoms with van der Waals surface area (Å²) in [7, 11) is 0. The Bertz CT molecular complexity index is 855. The molecular weight excluding hydrogens is 344 g/mol. The topological polar surface area (TPSA) is 58.0 Å². The minimum Gasteiger partial charge on any atom is -0.543 e. The van der Waals surface area contributed by atoms with Crippen LogP contribution >= 0.6 is 15.9 Å². The normalized spacial score (nSPS) is 10.6. The maximum absolute atomic E-state index is 11.4. The van der Waals surface area contributed by atoms with Crippen LogP contribution in [0.2, 0.25) is 0 Å². The van der Waals surface area contributed by atoms with Crippen LogP contribution in [0.3, 0.4) is 0 Å². The molecule has 0 aliphatic rings. The van der Waals surface area contributed by atoms with Crippen molar-refractivity contribution in [2.24, 2.45) is 0 Å². The summed E-state index contributed by atoms with van der Waals surface area (Å²) in [5.41, 5.74) is 3.12. The molecule has 0 saturated heterocycles. The van der Waals surface area contributed by atoms with Gasteiger partial charge in [0.1, 0.15) is 0 Å². The molecule has 1 heterocycles. The molecule has 0 aliphatic heterocycles. The van der Waals surface area contributed by atoms with Gasteiger partial charge in [0.15, 0.2) is 0 Å². The molecule has 110 valence electrons. The van der Waals surface area contributed by atoms with E-state index in [1.54, 1.807) is 0 Å². The molecule has 5 heteroatoms. The number of halogens is 1. The Morgan fingerprint density at radius 3 is 2.59 bits per heavy atom. The van der Waals surface area contributed by atoms with E-state index in [1.165, 1.54) is 10.7 Å². The van der Waals surface area contributed by atoms with Crippen LogP contribution in [0.25, 0.3) is 16.9 Å². The molecular formula is C17H12BrN2O2-. The van der Waals surface area contributed by atoms with Crippen LogP contribution in [0.5, 0.6) is 0 Å². The van der Waals surface area contributed by atoms with Crippen molar-refractivity contribution in [1.82, 2.24) is 9.78 Å². The molecule has 2 aromatic carbocycles. The molecule has 22 heavy (non-hydrogen) atoms. The lowest BCUT2D eigenvalue weighted by Gasteiger charge is -2.10. The molecule has 3 rings (SSSR count). The summed E-state index contributed by atoms with van der Waals surface area (Å²) in [6, 6.07) is 16.6. The number of carbonyl (C=O) groups is 1. The monoisotopic (exact) mass is 355 g/mol. The van der Waals surface area contributed by atoms with Crippen LogP contribution in [0.4, 0.5) is 0 Å². The quantitative estimate of drug-likeness (QED) is 0.725. The maximum atomic E-state index is 11.4. The molecule has 0 atom stereocenters. The van der Waals surface area contributed by atoms with Crippen molar-refractivity contribution < 1.29 is 9.90 Å². The lowest BCUT2D eigenvalue weighted by molar-refractivity contribution is -0.255. The van der Waals surface area contributed by atoms with E-state index in [-0.39, 0.29) is 5.69 Å². The Labute approximate surface area is 136 Å². The number of para-hydroxylation sites is 1. The van der Waals surface area contributed by atoms with E-state index in [0.29, 0.717) is 5.69 Å². The third-order valence-corrected chi connectivity index (χ3v) is 3.88. The van der Waals surface area contributed by atoms with Gasteiger partial charge in [0.2, 0.25) is 0 Å². The maximum Gasteiger partial charge on any atom is 0.0935 e. The number of carboxylic acids is 1. The van der Waals surface area contributed by atoms with Gasteiger partial charge < -0.3 is 9.90 Å². The zero-order valence-electron chi connectivity index (χ0n) is 11.8. The van der Waals surface area contributed by atoms with E-state index in [4.69, 9.17) is 0 Å². The number of nitrogens with zero attached hydrogens (tertiary/aromatic N) is 2. The average molecular weight is 356 g/mol. The Balaban J connectivity index is 2.19. The SMILES string of the molecule is Cc1ccccc1-n1nc(-c2cccc(Br)c2)cc1C(=O)[O-]. The summed E-state index contributed by atoms with van der Waals surface area (Å²) in [6.07, 6.45) is 0. The summed E-state index contributed by atoms with van der Waals surface area (Å²) in [6.45, 7) is 1.91. The van der Waals surface area contributed by atoms with Crippen LogP contribution in [0.1, 0.15) is 16.1 Å². The van der Waals surface area contributed by atoms with Gasteiger partial charge in [-0.3, -0.25) is 0 Å². The standard InChI is InChI=1S/C17H13BrN2O2/c1-11-5-2-3-8-15(11)20-16(17(21)22)10-14(19-20)12-6-4-7-13(18)9-12/h2-10H,1H3,(H,21,22)/p-1. The summed E-state index contributed by atoms with van der Waals surface area (Å²) in [5, 5.41) is 15.9. The van der Waals surface area contributed by atoms with Crippen molar-refractivity contribution in [1.29, 1.82) is 0 Å². The van der Waals surface area contributed by atoms with Gasteiger partial charge in [-0.15, -0.1) is 0 Å². The Morgan fingerprint density at radius 1 is 1.14 bits per heavy atom. The van der Waals surface area contributed by atoms with E-state index >= 15 is 0 Å². The largest absolute Gasteiger partial charge is 0.543 e. The molecule has 0 fully saturated rings. The van der Waals surface area contributed by atoms with Gasteiger partial charge in [-0.2, -0.15) is 5.10 Å². The van der Waals surface area contributed by atoms with Crippen LogP contribution in [0.15, 0.2) is 59.1 Å². The Hall–Kier alpha value is -2.40. The van der Waals surface area contributed by atoms with Crippen molar-refractivity contribution in [2.75, 3.05) is 0 Å². The molecule has 0 N–H and O–H groups in total. The highest BCUT2D eigenvalue weighted by molar-refractivity contribution is 9.10. The predicted octanol–water partition coefficient (Wildman–Crippen LogP) is 2.97. The van der Waals surface area contributed by atoms with Gasteiger partial charge in [-0.25, -0.2) is 4.68 Å². The zero-order valence-corrected chi connectivity index (χ0v) is 13.4. The number of hydrogen-bond acceptors (Lipinski definition) is 3. The first-order valence-corrected chi connectivity index (χ1v) is 7.49.